The van der Waals surface area contributed by atoms with Crippen molar-refractivity contribution in [1.29, 1.82) is 0 Å². The Morgan fingerprint density at radius 2 is 2.09 bits per heavy atom. The fourth-order valence-corrected chi connectivity index (χ4v) is 5.26. The summed E-state index contributed by atoms with van der Waals surface area (Å²) in [6, 6.07) is 2.38. The molecule has 0 unspecified atom stereocenters. The quantitative estimate of drug-likeness (QED) is 0.422. The van der Waals surface area contributed by atoms with Crippen molar-refractivity contribution in [3.63, 3.8) is 0 Å². The Morgan fingerprint density at radius 3 is 2.75 bits per heavy atom. The number of nitrogens with zero attached hydrogens (tertiary/aromatic N) is 7. The Labute approximate surface area is 191 Å². The number of ether oxygens (including phenoxy) is 1. The molecule has 166 valence electrons. The topological polar surface area (TPSA) is 83.0 Å². The molecule has 4 heterocycles. The summed E-state index contributed by atoms with van der Waals surface area (Å²) < 4.78 is 9.45. The van der Waals surface area contributed by atoms with Crippen LogP contribution in [-0.4, -0.2) is 48.2 Å². The third-order valence-electron chi connectivity index (χ3n) is 5.98. The molecule has 0 radical (unpaired) electrons. The zero-order valence-corrected chi connectivity index (χ0v) is 19.8. The lowest BCUT2D eigenvalue weighted by Crippen LogP contribution is -2.04. The van der Waals surface area contributed by atoms with E-state index in [1.165, 1.54) is 0 Å². The van der Waals surface area contributed by atoms with E-state index < -0.39 is 0 Å². The maximum absolute atomic E-state index is 5.54. The van der Waals surface area contributed by atoms with Crippen LogP contribution in [0, 0.1) is 6.92 Å². The first-order valence-electron chi connectivity index (χ1n) is 10.9. The molecule has 9 heteroatoms. The number of aliphatic imine (C=N–C) groups is 1. The van der Waals surface area contributed by atoms with E-state index in [1.807, 2.05) is 28.7 Å². The Hall–Kier alpha value is -2.91. The molecule has 1 atom stereocenters. The zero-order valence-electron chi connectivity index (χ0n) is 19.0. The maximum Gasteiger partial charge on any atom is 0.199 e. The number of aromatic nitrogens is 6. The van der Waals surface area contributed by atoms with Gasteiger partial charge in [-0.15, -0.1) is 11.3 Å². The van der Waals surface area contributed by atoms with E-state index in [4.69, 9.17) is 24.8 Å². The highest BCUT2D eigenvalue weighted by molar-refractivity contribution is 7.22. The second-order valence-electron chi connectivity index (χ2n) is 8.52. The van der Waals surface area contributed by atoms with E-state index in [0.717, 1.165) is 57.1 Å². The van der Waals surface area contributed by atoms with E-state index in [1.54, 1.807) is 24.6 Å². The zero-order chi connectivity index (χ0) is 22.4. The fourth-order valence-electron chi connectivity index (χ4n) is 4.12. The highest BCUT2D eigenvalue weighted by atomic mass is 32.1. The molecule has 1 saturated carbocycles. The normalized spacial score (nSPS) is 17.9. The molecule has 0 aromatic carbocycles. The first-order chi connectivity index (χ1) is 15.4. The minimum absolute atomic E-state index is 0.235. The number of thiophene rings is 1. The molecule has 1 aliphatic rings. The molecule has 0 N–H and O–H groups in total. The van der Waals surface area contributed by atoms with Crippen molar-refractivity contribution in [3.05, 3.63) is 30.2 Å². The average Bonchev–Trinajstić information content (AvgIpc) is 3.54. The molecule has 0 bridgehead atoms. The van der Waals surface area contributed by atoms with Gasteiger partial charge in [-0.2, -0.15) is 5.10 Å². The van der Waals surface area contributed by atoms with E-state index in [9.17, 15) is 0 Å². The van der Waals surface area contributed by atoms with Crippen LogP contribution in [0.1, 0.15) is 44.7 Å². The van der Waals surface area contributed by atoms with Crippen molar-refractivity contribution in [2.24, 2.45) is 12.0 Å². The van der Waals surface area contributed by atoms with Gasteiger partial charge in [-0.25, -0.2) is 19.9 Å². The van der Waals surface area contributed by atoms with Crippen LogP contribution in [0.15, 0.2) is 29.6 Å². The van der Waals surface area contributed by atoms with Crippen LogP contribution in [0.5, 0.6) is 0 Å². The standard InChI is InChI=1S/C23H27N7OS/c1-13(2)30-10-8-17(28-30)19-14(3)18-20(25-15-6-7-16(12-15)31-5)26-21(27-23(18)32-19)22-24-9-11-29(22)4/h8-11,13,16H,6-7,12H2,1-5H3/t16-/m1/s1. The molecule has 5 rings (SSSR count). The lowest BCUT2D eigenvalue weighted by molar-refractivity contribution is 0.113. The Bertz CT molecular complexity index is 1310. The molecule has 4 aromatic heterocycles. The van der Waals surface area contributed by atoms with Crippen molar-refractivity contribution in [2.75, 3.05) is 7.11 Å². The summed E-state index contributed by atoms with van der Waals surface area (Å²) >= 11 is 1.64. The third kappa shape index (κ3) is 3.65. The van der Waals surface area contributed by atoms with Gasteiger partial charge in [-0.05, 0) is 45.2 Å². The van der Waals surface area contributed by atoms with Gasteiger partial charge in [-0.1, -0.05) is 0 Å². The molecule has 0 saturated heterocycles. The van der Waals surface area contributed by atoms with Crippen LogP contribution in [0.4, 0.5) is 5.82 Å². The largest absolute Gasteiger partial charge is 0.381 e. The second kappa shape index (κ2) is 8.22. The fraction of sp³-hybridized carbons (Fsp3) is 0.435. The number of aryl methyl sites for hydroxylation is 2. The van der Waals surface area contributed by atoms with Crippen LogP contribution in [0.2, 0.25) is 0 Å². The number of rotatable bonds is 5. The number of hydrogen-bond donors (Lipinski definition) is 0. The monoisotopic (exact) mass is 449 g/mol. The smallest absolute Gasteiger partial charge is 0.199 e. The molecule has 0 aliphatic heterocycles. The summed E-state index contributed by atoms with van der Waals surface area (Å²) in [7, 11) is 3.71. The molecule has 0 amide bonds. The van der Waals surface area contributed by atoms with Crippen LogP contribution < -0.4 is 0 Å². The van der Waals surface area contributed by atoms with Gasteiger partial charge in [0.2, 0.25) is 0 Å². The van der Waals surface area contributed by atoms with Crippen molar-refractivity contribution in [2.45, 2.75) is 52.2 Å². The first kappa shape index (κ1) is 21.0. The number of fused-ring (bicyclic) bond motifs is 1. The minimum atomic E-state index is 0.235. The van der Waals surface area contributed by atoms with Crippen molar-refractivity contribution in [3.8, 4) is 22.2 Å². The van der Waals surface area contributed by atoms with Gasteiger partial charge in [0, 0.05) is 50.9 Å². The van der Waals surface area contributed by atoms with Gasteiger partial charge in [0.25, 0.3) is 0 Å². The number of imidazole rings is 1. The maximum atomic E-state index is 5.54. The number of methoxy groups -OCH3 is 1. The summed E-state index contributed by atoms with van der Waals surface area (Å²) in [5.41, 5.74) is 3.20. The van der Waals surface area contributed by atoms with Gasteiger partial charge in [-0.3, -0.25) is 4.68 Å². The van der Waals surface area contributed by atoms with Crippen LogP contribution in [0.25, 0.3) is 32.4 Å². The summed E-state index contributed by atoms with van der Waals surface area (Å²) in [5, 5.41) is 5.78. The Kier molecular flexibility index (Phi) is 5.38. The lowest BCUT2D eigenvalue weighted by atomic mass is 10.1. The molecule has 4 aromatic rings. The number of hydrogen-bond acceptors (Lipinski definition) is 7. The molecule has 1 fully saturated rings. The van der Waals surface area contributed by atoms with Crippen LogP contribution in [0.3, 0.4) is 0 Å². The highest BCUT2D eigenvalue weighted by Crippen LogP contribution is 2.41. The van der Waals surface area contributed by atoms with Gasteiger partial charge in [0.05, 0.1) is 16.4 Å². The predicted molar refractivity (Wildman–Crippen MR) is 128 cm³/mol. The van der Waals surface area contributed by atoms with E-state index in [0.29, 0.717) is 17.7 Å². The molecular weight excluding hydrogens is 422 g/mol. The summed E-state index contributed by atoms with van der Waals surface area (Å²) in [4.78, 5) is 21.3. The predicted octanol–water partition coefficient (Wildman–Crippen LogP) is 5.12. The van der Waals surface area contributed by atoms with Crippen molar-refractivity contribution >= 4 is 33.1 Å². The summed E-state index contributed by atoms with van der Waals surface area (Å²) in [5.74, 6) is 2.03. The van der Waals surface area contributed by atoms with E-state index in [-0.39, 0.29) is 6.10 Å². The van der Waals surface area contributed by atoms with Crippen molar-refractivity contribution in [1.82, 2.24) is 29.3 Å². The van der Waals surface area contributed by atoms with E-state index >= 15 is 0 Å². The van der Waals surface area contributed by atoms with Gasteiger partial charge >= 0.3 is 0 Å². The molecule has 0 spiro atoms. The van der Waals surface area contributed by atoms with Crippen LogP contribution >= 0.6 is 11.3 Å². The summed E-state index contributed by atoms with van der Waals surface area (Å²) in [6.07, 6.45) is 8.69. The average molecular weight is 450 g/mol. The third-order valence-corrected chi connectivity index (χ3v) is 7.19. The first-order valence-corrected chi connectivity index (χ1v) is 11.7. The van der Waals surface area contributed by atoms with Gasteiger partial charge in [0.1, 0.15) is 10.5 Å². The second-order valence-corrected chi connectivity index (χ2v) is 9.52. The molecule has 8 nitrogen and oxygen atoms in total. The van der Waals surface area contributed by atoms with Crippen molar-refractivity contribution < 1.29 is 4.74 Å². The van der Waals surface area contributed by atoms with Gasteiger partial charge < -0.3 is 9.30 Å². The molecule has 1 aliphatic carbocycles. The molecular formula is C23H27N7OS. The Balaban J connectivity index is 1.69. The SMILES string of the molecule is CO[C@@H]1CCC(=Nc2nc(-c3nccn3C)nc3sc(-c4ccn(C(C)C)n4)c(C)c23)C1. The van der Waals surface area contributed by atoms with Gasteiger partial charge in [0.15, 0.2) is 17.5 Å². The van der Waals surface area contributed by atoms with Crippen LogP contribution in [-0.2, 0) is 11.8 Å². The van der Waals surface area contributed by atoms with E-state index in [2.05, 4.69) is 31.8 Å². The highest BCUT2D eigenvalue weighted by Gasteiger charge is 2.24. The minimum Gasteiger partial charge on any atom is -0.381 e. The molecule has 32 heavy (non-hydrogen) atoms. The lowest BCUT2D eigenvalue weighted by Gasteiger charge is -2.06. The Morgan fingerprint density at radius 1 is 1.25 bits per heavy atom. The summed E-state index contributed by atoms with van der Waals surface area (Å²) in [6.45, 7) is 6.37.